The highest BCUT2D eigenvalue weighted by Crippen LogP contribution is 2.25. The third-order valence-corrected chi connectivity index (χ3v) is 4.78. The van der Waals surface area contributed by atoms with Gasteiger partial charge in [0.05, 0.1) is 18.7 Å². The van der Waals surface area contributed by atoms with Crippen molar-refractivity contribution in [2.45, 2.75) is 31.5 Å². The van der Waals surface area contributed by atoms with E-state index in [0.717, 1.165) is 16.0 Å². The van der Waals surface area contributed by atoms with E-state index in [0.29, 0.717) is 5.56 Å². The van der Waals surface area contributed by atoms with E-state index < -0.39 is 24.1 Å². The maximum Gasteiger partial charge on any atom is 0.408 e. The molecule has 27 heavy (non-hydrogen) atoms. The minimum absolute atomic E-state index is 0.0703. The van der Waals surface area contributed by atoms with Gasteiger partial charge in [0.1, 0.15) is 11.9 Å². The van der Waals surface area contributed by atoms with Crippen LogP contribution in [0, 0.1) is 5.82 Å². The van der Waals surface area contributed by atoms with Crippen molar-refractivity contribution in [3.8, 4) is 11.1 Å². The van der Waals surface area contributed by atoms with Crippen LogP contribution in [0.15, 0.2) is 48.5 Å². The number of aliphatic hydroxyl groups excluding tert-OH is 1. The summed E-state index contributed by atoms with van der Waals surface area (Å²) in [7, 11) is 0. The number of amides is 2. The van der Waals surface area contributed by atoms with E-state index in [-0.39, 0.29) is 24.8 Å². The van der Waals surface area contributed by atoms with Gasteiger partial charge in [-0.05, 0) is 24.1 Å². The number of aliphatic hydroxyl groups is 1. The summed E-state index contributed by atoms with van der Waals surface area (Å²) in [6.45, 7) is 1.71. The predicted molar refractivity (Wildman–Crippen MR) is 97.5 cm³/mol. The second-order valence-electron chi connectivity index (χ2n) is 6.67. The first-order chi connectivity index (χ1) is 12.9. The Balaban J connectivity index is 1.69. The van der Waals surface area contributed by atoms with Gasteiger partial charge in [-0.1, -0.05) is 42.5 Å². The number of benzene rings is 2. The molecule has 1 aliphatic rings. The number of nitrogens with zero attached hydrogens (tertiary/aromatic N) is 1. The maximum atomic E-state index is 13.9. The normalized spacial score (nSPS) is 20.3. The van der Waals surface area contributed by atoms with Crippen LogP contribution < -0.4 is 5.32 Å². The zero-order valence-corrected chi connectivity index (χ0v) is 14.8. The Labute approximate surface area is 156 Å². The van der Waals surface area contributed by atoms with Gasteiger partial charge in [-0.25, -0.2) is 9.18 Å². The second-order valence-corrected chi connectivity index (χ2v) is 6.67. The van der Waals surface area contributed by atoms with Gasteiger partial charge < -0.3 is 15.5 Å². The number of likely N-dealkylation sites (tertiary alicyclic amines) is 1. The lowest BCUT2D eigenvalue weighted by Gasteiger charge is -2.23. The summed E-state index contributed by atoms with van der Waals surface area (Å²) in [6.07, 6.45) is -1.99. The van der Waals surface area contributed by atoms with Crippen molar-refractivity contribution in [1.29, 1.82) is 0 Å². The fourth-order valence-electron chi connectivity index (χ4n) is 3.31. The lowest BCUT2D eigenvalue weighted by atomic mass is 10.0. The van der Waals surface area contributed by atoms with E-state index in [4.69, 9.17) is 5.11 Å². The van der Waals surface area contributed by atoms with Crippen LogP contribution >= 0.6 is 0 Å². The molecule has 1 aliphatic heterocycles. The van der Waals surface area contributed by atoms with Crippen molar-refractivity contribution in [1.82, 2.24) is 10.2 Å². The molecule has 0 saturated carbocycles. The molecule has 3 N–H and O–H groups in total. The van der Waals surface area contributed by atoms with Crippen LogP contribution in [0.4, 0.5) is 9.18 Å². The average molecular weight is 372 g/mol. The maximum absolute atomic E-state index is 13.9. The molecule has 3 atom stereocenters. The number of rotatable bonds is 4. The largest absolute Gasteiger partial charge is 0.465 e. The topological polar surface area (TPSA) is 89.9 Å². The summed E-state index contributed by atoms with van der Waals surface area (Å²) in [6, 6.07) is 12.4. The van der Waals surface area contributed by atoms with Gasteiger partial charge in [0, 0.05) is 12.0 Å². The highest BCUT2D eigenvalue weighted by atomic mass is 19.1. The summed E-state index contributed by atoms with van der Waals surface area (Å²) in [5.74, 6) is -0.750. The van der Waals surface area contributed by atoms with Gasteiger partial charge in [-0.15, -0.1) is 0 Å². The molecular formula is C20H21FN2O4. The molecule has 2 aromatic rings. The van der Waals surface area contributed by atoms with E-state index >= 15 is 0 Å². The number of β-amino-alcohol motifs (C(OH)–C–C–N with tert-alkyl or cyclic N) is 1. The van der Waals surface area contributed by atoms with Gasteiger partial charge in [0.2, 0.25) is 5.91 Å². The molecule has 1 fully saturated rings. The Kier molecular flexibility index (Phi) is 5.41. The van der Waals surface area contributed by atoms with Gasteiger partial charge >= 0.3 is 6.09 Å². The van der Waals surface area contributed by atoms with Crippen LogP contribution in [-0.2, 0) is 4.79 Å². The molecule has 2 aromatic carbocycles. The minimum atomic E-state index is -1.23. The molecule has 3 rings (SSSR count). The number of hydrogen-bond donors (Lipinski definition) is 3. The lowest BCUT2D eigenvalue weighted by Crippen LogP contribution is -2.46. The number of carbonyl (C=O) groups excluding carboxylic acids is 1. The molecular weight excluding hydrogens is 351 g/mol. The van der Waals surface area contributed by atoms with E-state index in [1.807, 2.05) is 0 Å². The third kappa shape index (κ3) is 4.09. The quantitative estimate of drug-likeness (QED) is 0.770. The number of hydrogen-bond acceptors (Lipinski definition) is 3. The fraction of sp³-hybridized carbons (Fsp3) is 0.300. The van der Waals surface area contributed by atoms with Crippen LogP contribution in [0.5, 0.6) is 0 Å². The Morgan fingerprint density at radius 1 is 1.19 bits per heavy atom. The van der Waals surface area contributed by atoms with Crippen molar-refractivity contribution in [2.75, 3.05) is 6.54 Å². The Morgan fingerprint density at radius 3 is 2.48 bits per heavy atom. The molecule has 0 bridgehead atoms. The first-order valence-corrected chi connectivity index (χ1v) is 8.69. The Hall–Kier alpha value is -2.93. The zero-order chi connectivity index (χ0) is 19.6. The summed E-state index contributed by atoms with van der Waals surface area (Å²) in [4.78, 5) is 24.6. The summed E-state index contributed by atoms with van der Waals surface area (Å²) >= 11 is 0. The summed E-state index contributed by atoms with van der Waals surface area (Å²) in [5, 5.41) is 21.6. The Bertz CT molecular complexity index is 840. The molecule has 0 radical (unpaired) electrons. The van der Waals surface area contributed by atoms with Crippen LogP contribution in [0.25, 0.3) is 11.1 Å². The molecule has 6 nitrogen and oxygen atoms in total. The van der Waals surface area contributed by atoms with E-state index in [1.54, 1.807) is 49.4 Å². The standard InChI is InChI=1S/C20H21FN2O4/c1-12(22-19(25)18-10-15(24)11-23(18)20(26)27)13-6-8-14(9-7-13)16-4-2-3-5-17(16)21/h2-9,12,15,18,24H,10-11H2,1H3,(H,22,25)(H,26,27)/t12-,15+,18-/m0/s1. The number of halogens is 1. The molecule has 142 valence electrons. The average Bonchev–Trinajstić information content (AvgIpc) is 3.04. The number of carboxylic acid groups (broad SMARTS) is 1. The lowest BCUT2D eigenvalue weighted by molar-refractivity contribution is -0.125. The highest BCUT2D eigenvalue weighted by molar-refractivity contribution is 5.86. The van der Waals surface area contributed by atoms with Crippen molar-refractivity contribution >= 4 is 12.0 Å². The predicted octanol–water partition coefficient (Wildman–Crippen LogP) is 2.78. The number of carbonyl (C=O) groups is 2. The van der Waals surface area contributed by atoms with Crippen LogP contribution in [-0.4, -0.2) is 45.8 Å². The molecule has 7 heteroatoms. The highest BCUT2D eigenvalue weighted by Gasteiger charge is 2.39. The van der Waals surface area contributed by atoms with Crippen molar-refractivity contribution in [2.24, 2.45) is 0 Å². The SMILES string of the molecule is C[C@H](NC(=O)[C@@H]1C[C@@H](O)CN1C(=O)O)c1ccc(-c2ccccc2F)cc1. The van der Waals surface area contributed by atoms with E-state index in [2.05, 4.69) is 5.32 Å². The van der Waals surface area contributed by atoms with Crippen molar-refractivity contribution in [3.63, 3.8) is 0 Å². The van der Waals surface area contributed by atoms with Crippen molar-refractivity contribution < 1.29 is 24.2 Å². The van der Waals surface area contributed by atoms with Crippen LogP contribution in [0.1, 0.15) is 24.9 Å². The van der Waals surface area contributed by atoms with E-state index in [1.165, 1.54) is 6.07 Å². The molecule has 1 saturated heterocycles. The molecule has 0 spiro atoms. The van der Waals surface area contributed by atoms with Crippen LogP contribution in [0.2, 0.25) is 0 Å². The molecule has 0 aliphatic carbocycles. The van der Waals surface area contributed by atoms with Gasteiger partial charge in [-0.3, -0.25) is 9.69 Å². The fourth-order valence-corrected chi connectivity index (χ4v) is 3.31. The minimum Gasteiger partial charge on any atom is -0.465 e. The number of nitrogens with one attached hydrogen (secondary N) is 1. The first-order valence-electron chi connectivity index (χ1n) is 8.69. The van der Waals surface area contributed by atoms with Gasteiger partial charge in [0.15, 0.2) is 0 Å². The molecule has 1 heterocycles. The summed E-state index contributed by atoms with van der Waals surface area (Å²) < 4.78 is 13.9. The van der Waals surface area contributed by atoms with Gasteiger partial charge in [0.25, 0.3) is 0 Å². The second kappa shape index (κ2) is 7.75. The molecule has 2 amide bonds. The smallest absolute Gasteiger partial charge is 0.408 e. The summed E-state index contributed by atoms with van der Waals surface area (Å²) in [5.41, 5.74) is 2.04. The Morgan fingerprint density at radius 2 is 1.85 bits per heavy atom. The van der Waals surface area contributed by atoms with Gasteiger partial charge in [-0.2, -0.15) is 0 Å². The van der Waals surface area contributed by atoms with Crippen LogP contribution in [0.3, 0.4) is 0 Å². The van der Waals surface area contributed by atoms with E-state index in [9.17, 15) is 19.1 Å². The first kappa shape index (κ1) is 18.8. The molecule has 0 unspecified atom stereocenters. The molecule has 0 aromatic heterocycles. The van der Waals surface area contributed by atoms with Crippen molar-refractivity contribution in [3.05, 3.63) is 59.9 Å². The monoisotopic (exact) mass is 372 g/mol. The zero-order valence-electron chi connectivity index (χ0n) is 14.8. The third-order valence-electron chi connectivity index (χ3n) is 4.78.